The Hall–Kier alpha value is -0.780. The molecule has 2 unspecified atom stereocenters. The highest BCUT2D eigenvalue weighted by Gasteiger charge is 2.07. The third-order valence-electron chi connectivity index (χ3n) is 3.27. The minimum atomic E-state index is -4.02. The van der Waals surface area contributed by atoms with E-state index in [9.17, 15) is 16.8 Å². The second-order valence-corrected chi connectivity index (χ2v) is 11.7. The third kappa shape index (κ3) is 11.9. The van der Waals surface area contributed by atoms with Gasteiger partial charge < -0.3 is 0 Å². The van der Waals surface area contributed by atoms with Crippen LogP contribution in [0.25, 0.3) is 0 Å². The van der Waals surface area contributed by atoms with Gasteiger partial charge in [0.05, 0.1) is 9.79 Å². The Kier molecular flexibility index (Phi) is 11.7. The van der Waals surface area contributed by atoms with Gasteiger partial charge in [-0.3, -0.25) is 9.11 Å². The fraction of sp³-hybridized carbons (Fsp3) is 0.333. The number of alkyl halides is 2. The first kappa shape index (κ1) is 27.2. The molecule has 158 valence electrons. The van der Waals surface area contributed by atoms with Crippen LogP contribution in [0.15, 0.2) is 58.3 Å². The van der Waals surface area contributed by atoms with Gasteiger partial charge in [-0.25, -0.2) is 0 Å². The molecule has 0 aliphatic carbocycles. The number of hydrogen-bond donors (Lipinski definition) is 2. The molecule has 2 rings (SSSR count). The van der Waals surface area contributed by atoms with Crippen molar-refractivity contribution in [1.82, 2.24) is 0 Å². The second-order valence-electron chi connectivity index (χ2n) is 5.93. The summed E-state index contributed by atoms with van der Waals surface area (Å²) in [4.78, 5) is 1.03. The van der Waals surface area contributed by atoms with Crippen molar-refractivity contribution in [1.29, 1.82) is 0 Å². The molecule has 0 amide bonds. The molecule has 0 fully saturated rings. The van der Waals surface area contributed by atoms with Gasteiger partial charge in [-0.15, -0.1) is 0 Å². The molecule has 2 atom stereocenters. The van der Waals surface area contributed by atoms with E-state index in [2.05, 4.69) is 45.7 Å². The molecule has 0 spiro atoms. The van der Waals surface area contributed by atoms with E-state index in [-0.39, 0.29) is 9.79 Å². The molecule has 2 aromatic rings. The molecule has 0 saturated carbocycles. The van der Waals surface area contributed by atoms with Gasteiger partial charge in [0.15, 0.2) is 0 Å². The topological polar surface area (TPSA) is 109 Å². The first-order valence-electron chi connectivity index (χ1n) is 8.01. The SMILES string of the molecule is CC(Br)C(C)Br.Cc1ccc(S(=O)(=O)O)cc1.Cc1ccc(S(=O)(=O)O)cc1. The van der Waals surface area contributed by atoms with Gasteiger partial charge in [-0.1, -0.05) is 81.1 Å². The van der Waals surface area contributed by atoms with Crippen LogP contribution in [0, 0.1) is 13.8 Å². The normalized spacial score (nSPS) is 13.3. The Labute approximate surface area is 184 Å². The first-order chi connectivity index (χ1) is 12.6. The van der Waals surface area contributed by atoms with Crippen molar-refractivity contribution in [2.24, 2.45) is 0 Å². The summed E-state index contributed by atoms with van der Waals surface area (Å²) in [5, 5.41) is 0. The molecule has 2 aromatic carbocycles. The van der Waals surface area contributed by atoms with E-state index in [0.29, 0.717) is 9.65 Å². The smallest absolute Gasteiger partial charge is 0.282 e. The average Bonchev–Trinajstić information content (AvgIpc) is 2.55. The minimum absolute atomic E-state index is 0.0666. The van der Waals surface area contributed by atoms with Crippen LogP contribution in [-0.4, -0.2) is 35.6 Å². The predicted molar refractivity (Wildman–Crippen MR) is 119 cm³/mol. The monoisotopic (exact) mass is 558 g/mol. The van der Waals surface area contributed by atoms with E-state index in [4.69, 9.17) is 9.11 Å². The van der Waals surface area contributed by atoms with Crippen LogP contribution < -0.4 is 0 Å². The van der Waals surface area contributed by atoms with Crippen LogP contribution in [0.5, 0.6) is 0 Å². The van der Waals surface area contributed by atoms with Gasteiger partial charge in [-0.05, 0) is 38.1 Å². The minimum Gasteiger partial charge on any atom is -0.282 e. The van der Waals surface area contributed by atoms with E-state index in [1.54, 1.807) is 24.3 Å². The fourth-order valence-electron chi connectivity index (χ4n) is 1.42. The average molecular weight is 560 g/mol. The Balaban J connectivity index is 0.000000411. The van der Waals surface area contributed by atoms with Gasteiger partial charge in [0, 0.05) is 9.65 Å². The third-order valence-corrected chi connectivity index (χ3v) is 7.30. The van der Waals surface area contributed by atoms with Gasteiger partial charge >= 0.3 is 0 Å². The highest BCUT2D eigenvalue weighted by atomic mass is 79.9. The van der Waals surface area contributed by atoms with Crippen molar-refractivity contribution < 1.29 is 25.9 Å². The zero-order valence-electron chi connectivity index (χ0n) is 15.9. The quantitative estimate of drug-likeness (QED) is 0.403. The molecule has 0 aromatic heterocycles. The predicted octanol–water partition coefficient (Wildman–Crippen LogP) is 5.04. The molecule has 0 heterocycles. The molecule has 6 nitrogen and oxygen atoms in total. The largest absolute Gasteiger partial charge is 0.294 e. The highest BCUT2D eigenvalue weighted by Crippen LogP contribution is 2.11. The van der Waals surface area contributed by atoms with Crippen molar-refractivity contribution in [2.45, 2.75) is 47.1 Å². The molecule has 0 saturated heterocycles. The Morgan fingerprint density at radius 3 is 1.00 bits per heavy atom. The summed E-state index contributed by atoms with van der Waals surface area (Å²) in [6.45, 7) is 7.90. The summed E-state index contributed by atoms with van der Waals surface area (Å²) in [5.41, 5.74) is 1.91. The molecule has 0 bridgehead atoms. The maximum atomic E-state index is 10.5. The molecule has 0 aliphatic heterocycles. The summed E-state index contributed by atoms with van der Waals surface area (Å²) in [5.74, 6) is 0. The number of benzene rings is 2. The van der Waals surface area contributed by atoms with Gasteiger partial charge in [-0.2, -0.15) is 16.8 Å². The Bertz CT molecular complexity index is 842. The lowest BCUT2D eigenvalue weighted by Crippen LogP contribution is -2.02. The summed E-state index contributed by atoms with van der Waals surface area (Å²) < 4.78 is 59.1. The lowest BCUT2D eigenvalue weighted by Gasteiger charge is -2.01. The van der Waals surface area contributed by atoms with Crippen molar-refractivity contribution in [3.63, 3.8) is 0 Å². The molecule has 0 aliphatic rings. The van der Waals surface area contributed by atoms with Crippen molar-refractivity contribution >= 4 is 52.1 Å². The van der Waals surface area contributed by atoms with Gasteiger partial charge in [0.25, 0.3) is 20.2 Å². The van der Waals surface area contributed by atoms with Crippen LogP contribution in [0.4, 0.5) is 0 Å². The number of aryl methyl sites for hydroxylation is 2. The Morgan fingerprint density at radius 2 is 0.857 bits per heavy atom. The van der Waals surface area contributed by atoms with Crippen molar-refractivity contribution in [2.75, 3.05) is 0 Å². The summed E-state index contributed by atoms with van der Waals surface area (Å²) in [6, 6.07) is 12.0. The summed E-state index contributed by atoms with van der Waals surface area (Å²) in [7, 11) is -8.04. The molecular formula is C18H24Br2O6S2. The van der Waals surface area contributed by atoms with Crippen LogP contribution in [0.2, 0.25) is 0 Å². The number of hydrogen-bond acceptors (Lipinski definition) is 4. The molecule has 2 N–H and O–H groups in total. The van der Waals surface area contributed by atoms with Crippen molar-refractivity contribution in [3.05, 3.63) is 59.7 Å². The standard InChI is InChI=1S/2C7H8O3S.C4H8Br2/c2*1-6-2-4-7(5-3-6)11(8,9)10;1-3(5)4(2)6/h2*2-5H,1H3,(H,8,9,10);3-4H,1-2H3. The van der Waals surface area contributed by atoms with Crippen LogP contribution in [0.1, 0.15) is 25.0 Å². The zero-order valence-corrected chi connectivity index (χ0v) is 20.7. The molecule has 10 heteroatoms. The molecular weight excluding hydrogens is 536 g/mol. The van der Waals surface area contributed by atoms with E-state index in [0.717, 1.165) is 11.1 Å². The maximum absolute atomic E-state index is 10.5. The molecule has 0 radical (unpaired) electrons. The van der Waals surface area contributed by atoms with Gasteiger partial charge in [0.2, 0.25) is 0 Å². The Morgan fingerprint density at radius 1 is 0.643 bits per heavy atom. The van der Waals surface area contributed by atoms with E-state index in [1.807, 2.05) is 13.8 Å². The number of rotatable bonds is 3. The lowest BCUT2D eigenvalue weighted by molar-refractivity contribution is 0.481. The van der Waals surface area contributed by atoms with E-state index < -0.39 is 20.2 Å². The second kappa shape index (κ2) is 12.0. The molecule has 28 heavy (non-hydrogen) atoms. The van der Waals surface area contributed by atoms with Crippen LogP contribution in [-0.2, 0) is 20.2 Å². The lowest BCUT2D eigenvalue weighted by atomic mass is 10.2. The van der Waals surface area contributed by atoms with Crippen LogP contribution in [0.3, 0.4) is 0 Å². The van der Waals surface area contributed by atoms with E-state index in [1.165, 1.54) is 24.3 Å². The highest BCUT2D eigenvalue weighted by molar-refractivity contribution is 9.12. The summed E-state index contributed by atoms with van der Waals surface area (Å²) in [6.07, 6.45) is 0. The van der Waals surface area contributed by atoms with E-state index >= 15 is 0 Å². The summed E-state index contributed by atoms with van der Waals surface area (Å²) >= 11 is 6.78. The van der Waals surface area contributed by atoms with Gasteiger partial charge in [0.1, 0.15) is 0 Å². The van der Waals surface area contributed by atoms with Crippen molar-refractivity contribution in [3.8, 4) is 0 Å². The zero-order chi connectivity index (χ0) is 22.1. The number of halogens is 2. The van der Waals surface area contributed by atoms with Crippen LogP contribution >= 0.6 is 31.9 Å². The fourth-order valence-corrected chi connectivity index (χ4v) is 2.38. The maximum Gasteiger partial charge on any atom is 0.294 e. The first-order valence-corrected chi connectivity index (χ1v) is 12.7.